The Balaban J connectivity index is 1.57. The number of H-pyrrole nitrogens is 1. The first-order valence-corrected chi connectivity index (χ1v) is 9.28. The molecule has 142 valence electrons. The second-order valence-corrected chi connectivity index (χ2v) is 6.80. The zero-order chi connectivity index (χ0) is 19.5. The van der Waals surface area contributed by atoms with Gasteiger partial charge in [-0.15, -0.1) is 0 Å². The van der Waals surface area contributed by atoms with E-state index in [1.807, 2.05) is 60.2 Å². The van der Waals surface area contributed by atoms with Crippen LogP contribution in [0.3, 0.4) is 0 Å². The van der Waals surface area contributed by atoms with Crippen molar-refractivity contribution in [1.82, 2.24) is 19.1 Å². The maximum atomic E-state index is 12.3. The molecule has 0 aliphatic heterocycles. The monoisotopic (exact) mass is 374 g/mol. The van der Waals surface area contributed by atoms with E-state index in [-0.39, 0.29) is 11.6 Å². The van der Waals surface area contributed by atoms with E-state index >= 15 is 0 Å². The van der Waals surface area contributed by atoms with Crippen molar-refractivity contribution in [2.24, 2.45) is 0 Å². The second-order valence-electron chi connectivity index (χ2n) is 6.80. The fourth-order valence-electron chi connectivity index (χ4n) is 3.43. The lowest BCUT2D eigenvalue weighted by Crippen LogP contribution is -2.18. The van der Waals surface area contributed by atoms with E-state index in [0.717, 1.165) is 35.3 Å². The van der Waals surface area contributed by atoms with Gasteiger partial charge in [-0.25, -0.2) is 9.78 Å². The molecule has 0 aliphatic rings. The molecule has 4 aromatic rings. The molecule has 6 heteroatoms. The van der Waals surface area contributed by atoms with Gasteiger partial charge in [-0.2, -0.15) is 0 Å². The summed E-state index contributed by atoms with van der Waals surface area (Å²) in [6.45, 7) is 3.26. The van der Waals surface area contributed by atoms with Gasteiger partial charge in [-0.3, -0.25) is 9.55 Å². The van der Waals surface area contributed by atoms with Crippen molar-refractivity contribution in [2.75, 3.05) is 0 Å². The lowest BCUT2D eigenvalue weighted by atomic mass is 10.0. The minimum atomic E-state index is -0.304. The largest absolute Gasteiger partial charge is 0.493 e. The Morgan fingerprint density at radius 1 is 0.964 bits per heavy atom. The van der Waals surface area contributed by atoms with Gasteiger partial charge in [0, 0.05) is 30.5 Å². The molecule has 0 radical (unpaired) electrons. The third-order valence-corrected chi connectivity index (χ3v) is 4.93. The first-order chi connectivity index (χ1) is 13.6. The second kappa shape index (κ2) is 7.60. The molecule has 0 unspecified atom stereocenters. The van der Waals surface area contributed by atoms with Crippen molar-refractivity contribution >= 4 is 0 Å². The van der Waals surface area contributed by atoms with Gasteiger partial charge < -0.3 is 9.67 Å². The maximum Gasteiger partial charge on any atom is 0.328 e. The summed E-state index contributed by atoms with van der Waals surface area (Å²) < 4.78 is 3.64. The van der Waals surface area contributed by atoms with Crippen LogP contribution in [0.15, 0.2) is 71.9 Å². The summed E-state index contributed by atoms with van der Waals surface area (Å²) in [5, 5.41) is 10.3. The van der Waals surface area contributed by atoms with E-state index in [0.29, 0.717) is 12.2 Å². The van der Waals surface area contributed by atoms with Crippen LogP contribution in [0.4, 0.5) is 0 Å². The highest BCUT2D eigenvalue weighted by molar-refractivity contribution is 5.71. The summed E-state index contributed by atoms with van der Waals surface area (Å²) in [5.74, 6) is -0.101. The van der Waals surface area contributed by atoms with Crippen LogP contribution in [-0.2, 0) is 13.1 Å². The zero-order valence-corrected chi connectivity index (χ0v) is 15.7. The van der Waals surface area contributed by atoms with Crippen molar-refractivity contribution in [2.45, 2.75) is 26.4 Å². The average molecular weight is 374 g/mol. The van der Waals surface area contributed by atoms with Crippen molar-refractivity contribution in [3.05, 3.63) is 83.3 Å². The van der Waals surface area contributed by atoms with E-state index in [9.17, 15) is 9.90 Å². The molecule has 0 fully saturated rings. The number of hydrogen-bond acceptors (Lipinski definition) is 3. The minimum Gasteiger partial charge on any atom is -0.493 e. The van der Waals surface area contributed by atoms with Crippen molar-refractivity contribution in [3.8, 4) is 28.3 Å². The molecule has 0 bridgehead atoms. The first kappa shape index (κ1) is 17.9. The van der Waals surface area contributed by atoms with Crippen LogP contribution < -0.4 is 5.69 Å². The maximum absolute atomic E-state index is 12.3. The SMILES string of the molecule is Cc1cncn1CCCn1c(-c2ccc(-c3ccccc3)cc2)c(O)[nH]c1=O. The molecule has 0 saturated heterocycles. The van der Waals surface area contributed by atoms with Gasteiger partial charge in [0.15, 0.2) is 0 Å². The predicted molar refractivity (Wildman–Crippen MR) is 109 cm³/mol. The molecule has 0 aliphatic carbocycles. The Labute approximate surface area is 162 Å². The molecule has 4 rings (SSSR count). The van der Waals surface area contributed by atoms with Crippen molar-refractivity contribution in [1.29, 1.82) is 0 Å². The van der Waals surface area contributed by atoms with E-state index in [1.54, 1.807) is 10.9 Å². The predicted octanol–water partition coefficient (Wildman–Crippen LogP) is 3.81. The fourth-order valence-corrected chi connectivity index (χ4v) is 3.43. The standard InChI is InChI=1S/C22H22N4O2/c1-16-14-23-15-25(16)12-5-13-26-20(21(27)24-22(26)28)19-10-8-18(9-11-19)17-6-3-2-4-7-17/h2-4,6-11,14-15,27H,5,12-13H2,1H3,(H,24,28). The summed E-state index contributed by atoms with van der Waals surface area (Å²) in [4.78, 5) is 18.9. The molecule has 2 heterocycles. The summed E-state index contributed by atoms with van der Waals surface area (Å²) in [5.41, 5.74) is 4.31. The van der Waals surface area contributed by atoms with E-state index < -0.39 is 0 Å². The summed E-state index contributed by atoms with van der Waals surface area (Å²) in [6.07, 6.45) is 4.35. The molecule has 0 atom stereocenters. The zero-order valence-electron chi connectivity index (χ0n) is 15.7. The third kappa shape index (κ3) is 3.49. The molecule has 0 saturated carbocycles. The lowest BCUT2D eigenvalue weighted by Gasteiger charge is -2.10. The highest BCUT2D eigenvalue weighted by Gasteiger charge is 2.15. The molecule has 2 aromatic carbocycles. The number of nitrogens with zero attached hydrogens (tertiary/aromatic N) is 3. The van der Waals surface area contributed by atoms with E-state index in [4.69, 9.17) is 0 Å². The number of aromatic hydroxyl groups is 1. The number of aromatic nitrogens is 4. The number of aromatic amines is 1. The van der Waals surface area contributed by atoms with Crippen LogP contribution in [-0.4, -0.2) is 24.2 Å². The Bertz CT molecular complexity index is 1120. The minimum absolute atomic E-state index is 0.101. The third-order valence-electron chi connectivity index (χ3n) is 4.93. The van der Waals surface area contributed by atoms with Gasteiger partial charge in [0.25, 0.3) is 0 Å². The molecular weight excluding hydrogens is 352 g/mol. The highest BCUT2D eigenvalue weighted by Crippen LogP contribution is 2.29. The molecule has 0 amide bonds. The van der Waals surface area contributed by atoms with Gasteiger partial charge in [0.1, 0.15) is 5.69 Å². The van der Waals surface area contributed by atoms with Crippen LogP contribution in [0.25, 0.3) is 22.4 Å². The Morgan fingerprint density at radius 3 is 2.32 bits per heavy atom. The van der Waals surface area contributed by atoms with Gasteiger partial charge in [-0.1, -0.05) is 54.6 Å². The normalized spacial score (nSPS) is 11.0. The van der Waals surface area contributed by atoms with Crippen molar-refractivity contribution in [3.63, 3.8) is 0 Å². The highest BCUT2D eigenvalue weighted by atomic mass is 16.3. The fraction of sp³-hybridized carbons (Fsp3) is 0.182. The summed E-state index contributed by atoms with van der Waals surface area (Å²) >= 11 is 0. The molecular formula is C22H22N4O2. The summed E-state index contributed by atoms with van der Waals surface area (Å²) in [7, 11) is 0. The Hall–Kier alpha value is -3.54. The van der Waals surface area contributed by atoms with Crippen LogP contribution in [0.2, 0.25) is 0 Å². The van der Waals surface area contributed by atoms with Crippen LogP contribution in [0.5, 0.6) is 5.88 Å². The van der Waals surface area contributed by atoms with Crippen LogP contribution >= 0.6 is 0 Å². The quantitative estimate of drug-likeness (QED) is 0.539. The van der Waals surface area contributed by atoms with Crippen LogP contribution in [0.1, 0.15) is 12.1 Å². The molecule has 2 aromatic heterocycles. The van der Waals surface area contributed by atoms with Gasteiger partial charge >= 0.3 is 5.69 Å². The number of benzene rings is 2. The van der Waals surface area contributed by atoms with E-state index in [1.165, 1.54) is 0 Å². The molecule has 2 N–H and O–H groups in total. The topological polar surface area (TPSA) is 75.8 Å². The number of rotatable bonds is 6. The Kier molecular flexibility index (Phi) is 4.85. The smallest absolute Gasteiger partial charge is 0.328 e. The first-order valence-electron chi connectivity index (χ1n) is 9.28. The molecule has 28 heavy (non-hydrogen) atoms. The van der Waals surface area contributed by atoms with Gasteiger partial charge in [-0.05, 0) is 24.5 Å². The lowest BCUT2D eigenvalue weighted by molar-refractivity contribution is 0.457. The average Bonchev–Trinajstić information content (AvgIpc) is 3.25. The Morgan fingerprint density at radius 2 is 1.64 bits per heavy atom. The number of nitrogens with one attached hydrogen (secondary N) is 1. The van der Waals surface area contributed by atoms with Gasteiger partial charge in [0.2, 0.25) is 5.88 Å². The number of imidazole rings is 2. The molecule has 6 nitrogen and oxygen atoms in total. The van der Waals surface area contributed by atoms with E-state index in [2.05, 4.69) is 22.1 Å². The molecule has 0 spiro atoms. The van der Waals surface area contributed by atoms with Crippen molar-refractivity contribution < 1.29 is 5.11 Å². The summed E-state index contributed by atoms with van der Waals surface area (Å²) in [6, 6.07) is 18.0. The van der Waals surface area contributed by atoms with Crippen LogP contribution in [0, 0.1) is 6.92 Å². The van der Waals surface area contributed by atoms with Gasteiger partial charge in [0.05, 0.1) is 6.33 Å². The number of hydrogen-bond donors (Lipinski definition) is 2. The number of aryl methyl sites for hydroxylation is 2.